The van der Waals surface area contributed by atoms with Crippen LogP contribution in [0.3, 0.4) is 0 Å². The van der Waals surface area contributed by atoms with E-state index < -0.39 is 0 Å². The van der Waals surface area contributed by atoms with E-state index in [2.05, 4.69) is 22.1 Å². The molecule has 1 atom stereocenters. The Labute approximate surface area is 123 Å². The second kappa shape index (κ2) is 5.74. The largest absolute Gasteiger partial charge is 0.376 e. The molecule has 2 aliphatic rings. The highest BCUT2D eigenvalue weighted by molar-refractivity contribution is 7.10. The van der Waals surface area contributed by atoms with Crippen LogP contribution in [0.4, 0.5) is 4.79 Å². The summed E-state index contributed by atoms with van der Waals surface area (Å²) < 4.78 is 5.52. The van der Waals surface area contributed by atoms with Gasteiger partial charge in [-0.1, -0.05) is 0 Å². The van der Waals surface area contributed by atoms with E-state index >= 15 is 0 Å². The van der Waals surface area contributed by atoms with Crippen molar-refractivity contribution in [3.05, 3.63) is 21.9 Å². The highest BCUT2D eigenvalue weighted by atomic mass is 32.1. The zero-order valence-corrected chi connectivity index (χ0v) is 12.7. The summed E-state index contributed by atoms with van der Waals surface area (Å²) in [6.45, 7) is 0.610. The van der Waals surface area contributed by atoms with E-state index in [1.807, 2.05) is 0 Å². The lowest BCUT2D eigenvalue weighted by atomic mass is 9.80. The molecule has 1 aromatic rings. The number of rotatable bonds is 4. The van der Waals surface area contributed by atoms with Gasteiger partial charge in [-0.2, -0.15) is 0 Å². The molecule has 1 unspecified atom stereocenters. The van der Waals surface area contributed by atoms with Crippen molar-refractivity contribution in [2.75, 3.05) is 13.7 Å². The molecule has 20 heavy (non-hydrogen) atoms. The molecule has 5 heteroatoms. The lowest BCUT2D eigenvalue weighted by molar-refractivity contribution is -0.0674. The molecule has 2 aliphatic carbocycles. The van der Waals surface area contributed by atoms with Gasteiger partial charge in [-0.25, -0.2) is 4.79 Å². The van der Waals surface area contributed by atoms with E-state index in [9.17, 15) is 4.79 Å². The van der Waals surface area contributed by atoms with Crippen LogP contribution in [-0.2, 0) is 11.2 Å². The van der Waals surface area contributed by atoms with Gasteiger partial charge in [0.15, 0.2) is 0 Å². The molecule has 2 N–H and O–H groups in total. The maximum atomic E-state index is 12.1. The van der Waals surface area contributed by atoms with Gasteiger partial charge in [-0.15, -0.1) is 11.3 Å². The Morgan fingerprint density at radius 2 is 2.35 bits per heavy atom. The predicted octanol–water partition coefficient (Wildman–Crippen LogP) is 2.99. The Bertz CT molecular complexity index is 476. The Morgan fingerprint density at radius 3 is 3.05 bits per heavy atom. The predicted molar refractivity (Wildman–Crippen MR) is 80.1 cm³/mol. The van der Waals surface area contributed by atoms with Crippen LogP contribution < -0.4 is 10.6 Å². The van der Waals surface area contributed by atoms with Gasteiger partial charge in [-0.05, 0) is 55.5 Å². The molecule has 4 nitrogen and oxygen atoms in total. The van der Waals surface area contributed by atoms with Crippen molar-refractivity contribution in [3.8, 4) is 0 Å². The first-order valence-corrected chi connectivity index (χ1v) is 8.26. The molecule has 1 saturated carbocycles. The number of amides is 2. The van der Waals surface area contributed by atoms with Gasteiger partial charge < -0.3 is 15.4 Å². The smallest absolute Gasteiger partial charge is 0.315 e. The highest BCUT2D eigenvalue weighted by Gasteiger charge is 2.37. The lowest BCUT2D eigenvalue weighted by Crippen LogP contribution is -2.51. The van der Waals surface area contributed by atoms with Gasteiger partial charge in [0.25, 0.3) is 0 Å². The topological polar surface area (TPSA) is 50.4 Å². The molecule has 1 heterocycles. The van der Waals surface area contributed by atoms with Gasteiger partial charge in [0.1, 0.15) is 0 Å². The zero-order chi connectivity index (χ0) is 14.0. The molecule has 1 fully saturated rings. The molecule has 0 aliphatic heterocycles. The number of urea groups is 1. The second-order valence-electron chi connectivity index (χ2n) is 5.81. The van der Waals surface area contributed by atoms with Crippen molar-refractivity contribution in [1.82, 2.24) is 10.6 Å². The molecule has 2 amide bonds. The van der Waals surface area contributed by atoms with Crippen LogP contribution in [0.1, 0.15) is 48.6 Å². The van der Waals surface area contributed by atoms with E-state index in [1.165, 1.54) is 16.9 Å². The van der Waals surface area contributed by atoms with Crippen molar-refractivity contribution in [2.24, 2.45) is 0 Å². The first-order chi connectivity index (χ1) is 9.72. The van der Waals surface area contributed by atoms with Crippen LogP contribution in [0.15, 0.2) is 11.4 Å². The Balaban J connectivity index is 1.53. The van der Waals surface area contributed by atoms with Crippen LogP contribution in [0, 0.1) is 0 Å². The maximum Gasteiger partial charge on any atom is 0.315 e. The number of hydrogen-bond acceptors (Lipinski definition) is 3. The molecule has 0 saturated heterocycles. The van der Waals surface area contributed by atoms with Crippen molar-refractivity contribution in [1.29, 1.82) is 0 Å². The summed E-state index contributed by atoms with van der Waals surface area (Å²) >= 11 is 1.80. The minimum atomic E-state index is -0.114. The Morgan fingerprint density at radius 1 is 1.50 bits per heavy atom. The highest BCUT2D eigenvalue weighted by Crippen LogP contribution is 2.35. The van der Waals surface area contributed by atoms with E-state index in [-0.39, 0.29) is 17.7 Å². The number of nitrogens with one attached hydrogen (secondary N) is 2. The summed E-state index contributed by atoms with van der Waals surface area (Å²) in [5.74, 6) is 0. The summed E-state index contributed by atoms with van der Waals surface area (Å²) in [5.41, 5.74) is 1.19. The first-order valence-electron chi connectivity index (χ1n) is 7.38. The Hall–Kier alpha value is -1.07. The normalized spacial score (nSPS) is 23.6. The van der Waals surface area contributed by atoms with E-state index in [1.54, 1.807) is 18.4 Å². The molecule has 3 rings (SSSR count). The third kappa shape index (κ3) is 2.69. The standard InChI is InChI=1S/C15H22N2O2S/c1-19-15(7-3-8-15)10-16-14(18)17-12-4-2-5-13-11(12)6-9-20-13/h6,9,12H,2-5,7-8,10H2,1H3,(H2,16,17,18). The van der Waals surface area contributed by atoms with Gasteiger partial charge in [-0.3, -0.25) is 0 Å². The molecule has 0 radical (unpaired) electrons. The molecule has 0 spiro atoms. The van der Waals surface area contributed by atoms with Crippen molar-refractivity contribution in [3.63, 3.8) is 0 Å². The van der Waals surface area contributed by atoms with Crippen LogP contribution in [-0.4, -0.2) is 25.3 Å². The number of carbonyl (C=O) groups is 1. The second-order valence-corrected chi connectivity index (χ2v) is 6.81. The van der Waals surface area contributed by atoms with Crippen molar-refractivity contribution >= 4 is 17.4 Å². The number of hydrogen-bond donors (Lipinski definition) is 2. The average Bonchev–Trinajstić information content (AvgIpc) is 2.87. The number of thiophene rings is 1. The van der Waals surface area contributed by atoms with Crippen LogP contribution in [0.25, 0.3) is 0 Å². The SMILES string of the molecule is COC1(CNC(=O)NC2CCCc3sccc32)CCC1. The van der Waals surface area contributed by atoms with Crippen LogP contribution >= 0.6 is 11.3 Å². The summed E-state index contributed by atoms with van der Waals surface area (Å²) in [5, 5.41) is 8.20. The number of methoxy groups -OCH3 is 1. The van der Waals surface area contributed by atoms with E-state index in [0.717, 1.165) is 32.1 Å². The summed E-state index contributed by atoms with van der Waals surface area (Å²) in [4.78, 5) is 13.5. The van der Waals surface area contributed by atoms with Gasteiger partial charge >= 0.3 is 6.03 Å². The molecular weight excluding hydrogens is 272 g/mol. The minimum absolute atomic E-state index is 0.0719. The zero-order valence-electron chi connectivity index (χ0n) is 11.9. The minimum Gasteiger partial charge on any atom is -0.376 e. The fourth-order valence-corrected chi connectivity index (χ4v) is 4.10. The lowest BCUT2D eigenvalue weighted by Gasteiger charge is -2.40. The number of carbonyl (C=O) groups excluding carboxylic acids is 1. The van der Waals surface area contributed by atoms with Crippen LogP contribution in [0.5, 0.6) is 0 Å². The van der Waals surface area contributed by atoms with Crippen LogP contribution in [0.2, 0.25) is 0 Å². The fourth-order valence-electron chi connectivity index (χ4n) is 3.11. The monoisotopic (exact) mass is 294 g/mol. The maximum absolute atomic E-state index is 12.1. The molecular formula is C15H22N2O2S. The molecule has 1 aromatic heterocycles. The van der Waals surface area contributed by atoms with Gasteiger partial charge in [0, 0.05) is 18.5 Å². The first kappa shape index (κ1) is 13.9. The number of ether oxygens (including phenoxy) is 1. The molecule has 0 bridgehead atoms. The summed E-state index contributed by atoms with van der Waals surface area (Å²) in [6, 6.07) is 2.24. The van der Waals surface area contributed by atoms with Gasteiger partial charge in [0.2, 0.25) is 0 Å². The average molecular weight is 294 g/mol. The number of fused-ring (bicyclic) bond motifs is 1. The Kier molecular flexibility index (Phi) is 3.98. The number of aryl methyl sites for hydroxylation is 1. The van der Waals surface area contributed by atoms with Gasteiger partial charge in [0.05, 0.1) is 11.6 Å². The fraction of sp³-hybridized carbons (Fsp3) is 0.667. The molecule has 0 aromatic carbocycles. The quantitative estimate of drug-likeness (QED) is 0.897. The summed E-state index contributed by atoms with van der Waals surface area (Å²) in [7, 11) is 1.73. The van der Waals surface area contributed by atoms with Crippen molar-refractivity contribution < 1.29 is 9.53 Å². The molecule has 110 valence electrons. The van der Waals surface area contributed by atoms with Crippen molar-refractivity contribution in [2.45, 2.75) is 50.2 Å². The third-order valence-corrected chi connectivity index (χ3v) is 5.62. The summed E-state index contributed by atoms with van der Waals surface area (Å²) in [6.07, 6.45) is 6.62. The van der Waals surface area contributed by atoms with E-state index in [4.69, 9.17) is 4.74 Å². The third-order valence-electron chi connectivity index (χ3n) is 4.63. The van der Waals surface area contributed by atoms with E-state index in [0.29, 0.717) is 6.54 Å².